The molecule has 3 aromatic heterocycles. The molecule has 0 unspecified atom stereocenters. The van der Waals surface area contributed by atoms with Crippen LogP contribution >= 0.6 is 11.8 Å². The Morgan fingerprint density at radius 1 is 1.15 bits per heavy atom. The van der Waals surface area contributed by atoms with Crippen molar-refractivity contribution in [2.24, 2.45) is 0 Å². The van der Waals surface area contributed by atoms with E-state index < -0.39 is 4.92 Å². The highest BCUT2D eigenvalue weighted by Crippen LogP contribution is 2.35. The second-order valence-electron chi connectivity index (χ2n) is 5.89. The zero-order chi connectivity index (χ0) is 19.0. The molecule has 27 heavy (non-hydrogen) atoms. The van der Waals surface area contributed by atoms with Crippen LogP contribution in [-0.4, -0.2) is 29.1 Å². The summed E-state index contributed by atoms with van der Waals surface area (Å²) in [6, 6.07) is 13.2. The first-order valence-corrected chi connectivity index (χ1v) is 9.20. The largest absolute Gasteiger partial charge is 0.362 e. The maximum atomic E-state index is 11.6. The highest BCUT2D eigenvalue weighted by molar-refractivity contribution is 7.99. The molecule has 8 nitrogen and oxygen atoms in total. The number of aryl methyl sites for hydroxylation is 1. The van der Waals surface area contributed by atoms with Crippen LogP contribution in [0.25, 0.3) is 17.0 Å². The van der Waals surface area contributed by atoms with E-state index in [4.69, 9.17) is 0 Å². The van der Waals surface area contributed by atoms with E-state index in [1.165, 1.54) is 4.40 Å². The fourth-order valence-corrected chi connectivity index (χ4v) is 3.94. The first-order chi connectivity index (χ1) is 13.1. The molecule has 0 radical (unpaired) electrons. The molecular formula is C18H16N6O2S. The van der Waals surface area contributed by atoms with Gasteiger partial charge in [-0.05, 0) is 42.2 Å². The highest BCUT2D eigenvalue weighted by Gasteiger charge is 2.26. The first kappa shape index (κ1) is 17.2. The number of hydrogen-bond donors (Lipinski definition) is 0. The zero-order valence-electron chi connectivity index (χ0n) is 14.7. The minimum absolute atomic E-state index is 0.0707. The lowest BCUT2D eigenvalue weighted by atomic mass is 10.1. The van der Waals surface area contributed by atoms with Gasteiger partial charge in [-0.3, -0.25) is 0 Å². The summed E-state index contributed by atoms with van der Waals surface area (Å²) in [4.78, 5) is 15.6. The Hall–Kier alpha value is -3.20. The molecule has 0 N–H and O–H groups in total. The Labute approximate surface area is 159 Å². The fourth-order valence-electron chi connectivity index (χ4n) is 2.95. The van der Waals surface area contributed by atoms with Crippen LogP contribution in [0, 0.1) is 17.0 Å². The van der Waals surface area contributed by atoms with Crippen LogP contribution in [0.2, 0.25) is 0 Å². The molecule has 1 aromatic carbocycles. The van der Waals surface area contributed by atoms with Crippen molar-refractivity contribution in [3.63, 3.8) is 0 Å². The Morgan fingerprint density at radius 3 is 2.67 bits per heavy atom. The van der Waals surface area contributed by atoms with E-state index in [-0.39, 0.29) is 5.82 Å². The van der Waals surface area contributed by atoms with Gasteiger partial charge >= 0.3 is 5.82 Å². The molecule has 0 saturated carbocycles. The molecular weight excluding hydrogens is 364 g/mol. The van der Waals surface area contributed by atoms with Crippen LogP contribution in [0.5, 0.6) is 0 Å². The molecule has 0 saturated heterocycles. The van der Waals surface area contributed by atoms with Gasteiger partial charge in [0.05, 0.1) is 6.20 Å². The third kappa shape index (κ3) is 2.95. The van der Waals surface area contributed by atoms with Gasteiger partial charge in [0.15, 0.2) is 11.0 Å². The van der Waals surface area contributed by atoms with Crippen molar-refractivity contribution >= 4 is 23.2 Å². The lowest BCUT2D eigenvalue weighted by molar-refractivity contribution is -0.393. The van der Waals surface area contributed by atoms with E-state index in [1.807, 2.05) is 42.7 Å². The van der Waals surface area contributed by atoms with Gasteiger partial charge in [0.25, 0.3) is 0 Å². The maximum absolute atomic E-state index is 11.6. The lowest BCUT2D eigenvalue weighted by Crippen LogP contribution is -2.01. The third-order valence-electron chi connectivity index (χ3n) is 4.25. The fraction of sp³-hybridized carbons (Fsp3) is 0.167. The summed E-state index contributed by atoms with van der Waals surface area (Å²) < 4.78 is 3.41. The predicted molar refractivity (Wildman–Crippen MR) is 102 cm³/mol. The van der Waals surface area contributed by atoms with Crippen LogP contribution in [-0.2, 0) is 6.54 Å². The molecule has 4 rings (SSSR count). The summed E-state index contributed by atoms with van der Waals surface area (Å²) in [6.07, 6.45) is 1.63. The summed E-state index contributed by atoms with van der Waals surface area (Å²) in [5.74, 6) is 0.670. The number of nitro groups is 1. The monoisotopic (exact) mass is 380 g/mol. The van der Waals surface area contributed by atoms with Crippen molar-refractivity contribution in [3.05, 3.63) is 64.3 Å². The molecule has 0 aliphatic rings. The van der Waals surface area contributed by atoms with Crippen molar-refractivity contribution in [1.82, 2.24) is 24.1 Å². The van der Waals surface area contributed by atoms with Crippen molar-refractivity contribution in [2.75, 3.05) is 0 Å². The van der Waals surface area contributed by atoms with Gasteiger partial charge in [-0.2, -0.15) is 9.38 Å². The minimum atomic E-state index is -0.419. The number of hydrogen-bond acceptors (Lipinski definition) is 6. The topological polar surface area (TPSA) is 91.2 Å². The SMILES string of the molecule is CCn1c(Sc2nc3ccccn3c2[N+](=O)[O-])nnc1-c1ccccc1C. The normalized spacial score (nSPS) is 11.2. The summed E-state index contributed by atoms with van der Waals surface area (Å²) in [5, 5.41) is 21.1. The first-order valence-electron chi connectivity index (χ1n) is 8.38. The number of imidazole rings is 1. The van der Waals surface area contributed by atoms with Crippen molar-refractivity contribution in [3.8, 4) is 11.4 Å². The highest BCUT2D eigenvalue weighted by atomic mass is 32.2. The smallest absolute Gasteiger partial charge is 0.358 e. The average Bonchev–Trinajstić information content (AvgIpc) is 3.22. The average molecular weight is 380 g/mol. The van der Waals surface area contributed by atoms with E-state index in [2.05, 4.69) is 15.2 Å². The summed E-state index contributed by atoms with van der Waals surface area (Å²) in [6.45, 7) is 4.65. The molecule has 136 valence electrons. The maximum Gasteiger partial charge on any atom is 0.362 e. The molecule has 0 aliphatic heterocycles. The number of nitrogens with zero attached hydrogens (tertiary/aromatic N) is 6. The van der Waals surface area contributed by atoms with Crippen molar-refractivity contribution < 1.29 is 4.92 Å². The van der Waals surface area contributed by atoms with Gasteiger partial charge < -0.3 is 14.7 Å². The van der Waals surface area contributed by atoms with Gasteiger partial charge in [-0.1, -0.05) is 30.3 Å². The number of rotatable bonds is 5. The zero-order valence-corrected chi connectivity index (χ0v) is 15.6. The van der Waals surface area contributed by atoms with Crippen LogP contribution in [0.15, 0.2) is 58.8 Å². The molecule has 0 aliphatic carbocycles. The van der Waals surface area contributed by atoms with Gasteiger partial charge in [0, 0.05) is 18.2 Å². The summed E-state index contributed by atoms with van der Waals surface area (Å²) >= 11 is 1.16. The van der Waals surface area contributed by atoms with E-state index in [0.29, 0.717) is 22.4 Å². The van der Waals surface area contributed by atoms with Gasteiger partial charge in [-0.25, -0.2) is 0 Å². The molecule has 0 fully saturated rings. The predicted octanol–water partition coefficient (Wildman–Crippen LogP) is 3.98. The number of benzene rings is 1. The van der Waals surface area contributed by atoms with Gasteiger partial charge in [-0.15, -0.1) is 10.2 Å². The van der Waals surface area contributed by atoms with Crippen molar-refractivity contribution in [1.29, 1.82) is 0 Å². The van der Waals surface area contributed by atoms with Gasteiger partial charge in [0.1, 0.15) is 0 Å². The third-order valence-corrected chi connectivity index (χ3v) is 5.21. The molecule has 3 heterocycles. The second kappa shape index (κ2) is 6.84. The Balaban J connectivity index is 1.81. The number of aromatic nitrogens is 5. The Kier molecular flexibility index (Phi) is 4.36. The van der Waals surface area contributed by atoms with Crippen LogP contribution in [0.3, 0.4) is 0 Å². The number of fused-ring (bicyclic) bond motifs is 1. The second-order valence-corrected chi connectivity index (χ2v) is 6.85. The van der Waals surface area contributed by atoms with Crippen LogP contribution < -0.4 is 0 Å². The van der Waals surface area contributed by atoms with Crippen LogP contribution in [0.1, 0.15) is 12.5 Å². The van der Waals surface area contributed by atoms with Crippen LogP contribution in [0.4, 0.5) is 5.82 Å². The molecule has 4 aromatic rings. The van der Waals surface area contributed by atoms with Crippen molar-refractivity contribution in [2.45, 2.75) is 30.6 Å². The van der Waals surface area contributed by atoms with E-state index in [0.717, 1.165) is 28.7 Å². The van der Waals surface area contributed by atoms with E-state index >= 15 is 0 Å². The number of pyridine rings is 1. The molecule has 0 spiro atoms. The quantitative estimate of drug-likeness (QED) is 0.384. The molecule has 0 amide bonds. The lowest BCUT2D eigenvalue weighted by Gasteiger charge is -2.08. The van der Waals surface area contributed by atoms with Gasteiger partial charge in [0.2, 0.25) is 10.7 Å². The Bertz CT molecular complexity index is 1150. The summed E-state index contributed by atoms with van der Waals surface area (Å²) in [7, 11) is 0. The standard InChI is InChI=1S/C18H16N6O2S/c1-3-22-15(13-9-5-4-8-12(13)2)20-21-18(22)27-16-17(24(25)26)23-11-7-6-10-14(23)19-16/h4-11H,3H2,1-2H3. The summed E-state index contributed by atoms with van der Waals surface area (Å²) in [5.41, 5.74) is 2.60. The Morgan fingerprint density at radius 2 is 1.93 bits per heavy atom. The minimum Gasteiger partial charge on any atom is -0.358 e. The van der Waals surface area contributed by atoms with E-state index in [1.54, 1.807) is 24.4 Å². The molecule has 0 bridgehead atoms. The molecule has 9 heteroatoms. The molecule has 0 atom stereocenters. The van der Waals surface area contributed by atoms with E-state index in [9.17, 15) is 10.1 Å².